The summed E-state index contributed by atoms with van der Waals surface area (Å²) in [5.41, 5.74) is 6.23. The van der Waals surface area contributed by atoms with Crippen LogP contribution in [0.1, 0.15) is 40.5 Å². The van der Waals surface area contributed by atoms with E-state index in [1.807, 2.05) is 34.8 Å². The fraction of sp³-hybridized carbons (Fsp3) is 0.571. The Bertz CT molecular complexity index is 939. The van der Waals surface area contributed by atoms with Crippen LogP contribution >= 0.6 is 0 Å². The molecule has 212 valence electrons. The first-order chi connectivity index (χ1) is 16.4. The maximum atomic E-state index is 4.66. The predicted molar refractivity (Wildman–Crippen MR) is 171 cm³/mol. The van der Waals surface area contributed by atoms with E-state index in [9.17, 15) is 0 Å². The zero-order valence-electron chi connectivity index (χ0n) is 27.2. The SMILES string of the molecule is Cc1cc(C)n(C(n2nc(C)cc2C)n2nc(C)cc2C)n1.[CH2-][Si](C)(C)C.[CH2-][Si](C)(C)C.[CH2-][Si](C)(C)C.[Sc+3]. The van der Waals surface area contributed by atoms with E-state index in [1.54, 1.807) is 0 Å². The van der Waals surface area contributed by atoms with Gasteiger partial charge in [0.25, 0.3) is 0 Å². The number of nitrogens with zero attached hydrogens (tertiary/aromatic N) is 6. The molecule has 0 bridgehead atoms. The van der Waals surface area contributed by atoms with Crippen molar-refractivity contribution in [1.82, 2.24) is 29.3 Å². The van der Waals surface area contributed by atoms with Crippen LogP contribution in [0.15, 0.2) is 18.2 Å². The molecule has 0 radical (unpaired) electrons. The Morgan fingerprint density at radius 1 is 0.500 bits per heavy atom. The van der Waals surface area contributed by atoms with Crippen molar-refractivity contribution in [3.05, 3.63) is 72.0 Å². The second kappa shape index (κ2) is 15.8. The van der Waals surface area contributed by atoms with Gasteiger partial charge in [-0.15, -0.1) is 24.2 Å². The molecule has 0 amide bonds. The molecule has 0 saturated carbocycles. The van der Waals surface area contributed by atoms with Crippen molar-refractivity contribution in [2.24, 2.45) is 0 Å². The van der Waals surface area contributed by atoms with Crippen molar-refractivity contribution in [2.45, 2.75) is 107 Å². The average molecular weight is 605 g/mol. The Morgan fingerprint density at radius 3 is 0.763 bits per heavy atom. The van der Waals surface area contributed by atoms with Gasteiger partial charge in [0.05, 0.1) is 17.1 Å². The molecule has 3 aromatic heterocycles. The number of hydrogen-bond donors (Lipinski definition) is 0. The maximum Gasteiger partial charge on any atom is 3.00 e. The van der Waals surface area contributed by atoms with Gasteiger partial charge in [-0.2, -0.15) is 15.3 Å². The van der Waals surface area contributed by atoms with Crippen LogP contribution in [-0.4, -0.2) is 53.6 Å². The molecule has 0 spiro atoms. The average Bonchev–Trinajstić information content (AvgIpc) is 3.21. The van der Waals surface area contributed by atoms with Crippen LogP contribution in [0.3, 0.4) is 0 Å². The molecule has 3 rings (SSSR count). The monoisotopic (exact) mass is 604 g/mol. The van der Waals surface area contributed by atoms with E-state index in [1.165, 1.54) is 0 Å². The van der Waals surface area contributed by atoms with Crippen molar-refractivity contribution in [1.29, 1.82) is 0 Å². The first-order valence-electron chi connectivity index (χ1n) is 13.0. The summed E-state index contributed by atoms with van der Waals surface area (Å²) in [5.74, 6) is 0. The van der Waals surface area contributed by atoms with Crippen LogP contribution in [0.5, 0.6) is 0 Å². The van der Waals surface area contributed by atoms with E-state index >= 15 is 0 Å². The molecular weight excluding hydrogens is 550 g/mol. The number of rotatable bonds is 3. The van der Waals surface area contributed by atoms with E-state index in [0.717, 1.165) is 34.2 Å². The van der Waals surface area contributed by atoms with E-state index in [4.69, 9.17) is 0 Å². The standard InChI is InChI=1S/C16H22N6.3C4H11Si.Sc/c1-10-7-13(4)20(17-10)16(21-14(5)8-11(2)18-21)22-15(6)9-12(3)19-22;3*1-5(2,3)4;/h7-9,16H,1-6H3;3*1H2,2-4H3;/q;3*-1;+3. The van der Waals surface area contributed by atoms with Gasteiger partial charge in [0.1, 0.15) is 0 Å². The molecule has 0 N–H and O–H groups in total. The molecule has 3 heterocycles. The summed E-state index contributed by atoms with van der Waals surface area (Å²) in [6.07, 6.45) is -0.226. The molecule has 6 nitrogen and oxygen atoms in total. The Morgan fingerprint density at radius 2 is 0.658 bits per heavy atom. The summed E-state index contributed by atoms with van der Waals surface area (Å²) >= 11 is 0. The number of aryl methyl sites for hydroxylation is 6. The second-order valence-corrected chi connectivity index (χ2v) is 29.0. The van der Waals surface area contributed by atoms with Gasteiger partial charge in [-0.1, -0.05) is 58.9 Å². The molecule has 0 aliphatic carbocycles. The molecular formula is C28H55N6ScSi3. The zero-order valence-corrected chi connectivity index (χ0v) is 32.0. The number of aromatic nitrogens is 6. The van der Waals surface area contributed by atoms with E-state index in [2.05, 4.69) is 133 Å². The third-order valence-electron chi connectivity index (χ3n) is 3.79. The zero-order chi connectivity index (χ0) is 29.5. The van der Waals surface area contributed by atoms with Crippen LogP contribution in [-0.2, 0) is 25.8 Å². The summed E-state index contributed by atoms with van der Waals surface area (Å²) in [6.45, 7) is 43.9. The molecule has 0 aliphatic heterocycles. The molecule has 38 heavy (non-hydrogen) atoms. The third-order valence-corrected chi connectivity index (χ3v) is 3.79. The van der Waals surface area contributed by atoms with Crippen LogP contribution in [0.2, 0.25) is 58.9 Å². The van der Waals surface area contributed by atoms with Crippen molar-refractivity contribution < 1.29 is 25.8 Å². The van der Waals surface area contributed by atoms with Gasteiger partial charge in [-0.25, -0.2) is 14.0 Å². The van der Waals surface area contributed by atoms with Crippen LogP contribution < -0.4 is 0 Å². The molecule has 0 unspecified atom stereocenters. The fourth-order valence-corrected chi connectivity index (χ4v) is 2.95. The Kier molecular flexibility index (Phi) is 16.4. The molecule has 0 saturated heterocycles. The van der Waals surface area contributed by atoms with Gasteiger partial charge in [0.15, 0.2) is 0 Å². The molecule has 0 aromatic carbocycles. The van der Waals surface area contributed by atoms with Gasteiger partial charge in [-0.05, 0) is 59.7 Å². The molecule has 10 heteroatoms. The topological polar surface area (TPSA) is 53.5 Å². The minimum absolute atomic E-state index is 0. The summed E-state index contributed by atoms with van der Waals surface area (Å²) in [5, 5.41) is 14.0. The predicted octanol–water partition coefficient (Wildman–Crippen LogP) is 7.77. The number of hydrogen-bond acceptors (Lipinski definition) is 3. The minimum Gasteiger partial charge on any atom is -0.342 e. The molecule has 0 aliphatic rings. The summed E-state index contributed by atoms with van der Waals surface area (Å²) in [6, 6.07) is 6.22. The normalized spacial score (nSPS) is 11.4. The smallest absolute Gasteiger partial charge is 0.342 e. The molecule has 3 aromatic rings. The first kappa shape index (κ1) is 39.3. The Hall–Kier alpha value is -0.849. The molecule has 0 fully saturated rings. The quantitative estimate of drug-likeness (QED) is 0.227. The Labute approximate surface area is 256 Å². The van der Waals surface area contributed by atoms with Crippen molar-refractivity contribution in [2.75, 3.05) is 0 Å². The van der Waals surface area contributed by atoms with Gasteiger partial charge < -0.3 is 19.6 Å². The van der Waals surface area contributed by atoms with Gasteiger partial charge in [0.2, 0.25) is 6.29 Å². The van der Waals surface area contributed by atoms with Gasteiger partial charge in [-0.3, -0.25) is 0 Å². The van der Waals surface area contributed by atoms with Crippen LogP contribution in [0.25, 0.3) is 0 Å². The Balaban J connectivity index is 0. The van der Waals surface area contributed by atoms with E-state index in [-0.39, 0.29) is 32.1 Å². The fourth-order valence-electron chi connectivity index (χ4n) is 2.95. The maximum absolute atomic E-state index is 4.66. The minimum atomic E-state index is -0.861. The van der Waals surface area contributed by atoms with Gasteiger partial charge in [0, 0.05) is 17.1 Å². The third kappa shape index (κ3) is 18.4. The first-order valence-corrected chi connectivity index (χ1v) is 24.1. The summed E-state index contributed by atoms with van der Waals surface area (Å²) in [4.78, 5) is 0. The summed E-state index contributed by atoms with van der Waals surface area (Å²) < 4.78 is 5.94. The van der Waals surface area contributed by atoms with E-state index in [0.29, 0.717) is 0 Å². The van der Waals surface area contributed by atoms with Crippen LogP contribution in [0.4, 0.5) is 0 Å². The molecule has 0 atom stereocenters. The van der Waals surface area contributed by atoms with Crippen molar-refractivity contribution >= 4 is 24.2 Å². The largest absolute Gasteiger partial charge is 3.00 e. The van der Waals surface area contributed by atoms with Crippen LogP contribution in [0, 0.1) is 61.2 Å². The van der Waals surface area contributed by atoms with Crippen molar-refractivity contribution in [3.8, 4) is 0 Å². The summed E-state index contributed by atoms with van der Waals surface area (Å²) in [7, 11) is -2.58. The second-order valence-electron chi connectivity index (χ2n) is 13.6. The van der Waals surface area contributed by atoms with E-state index < -0.39 is 24.2 Å². The van der Waals surface area contributed by atoms with Crippen molar-refractivity contribution in [3.63, 3.8) is 0 Å². The van der Waals surface area contributed by atoms with Gasteiger partial charge >= 0.3 is 25.8 Å².